The van der Waals surface area contributed by atoms with Gasteiger partial charge in [-0.15, -0.1) is 0 Å². The molecule has 2 saturated heterocycles. The van der Waals surface area contributed by atoms with E-state index in [-0.39, 0.29) is 0 Å². The van der Waals surface area contributed by atoms with Crippen LogP contribution in [0.1, 0.15) is 56.6 Å². The van der Waals surface area contributed by atoms with Gasteiger partial charge in [0.25, 0.3) is 0 Å². The predicted molar refractivity (Wildman–Crippen MR) is 141 cm³/mol. The molecule has 0 bridgehead atoms. The minimum Gasteiger partial charge on any atom is -0.432 e. The molecule has 0 spiro atoms. The fourth-order valence-corrected chi connectivity index (χ4v) is 6.11. The van der Waals surface area contributed by atoms with Gasteiger partial charge in [0.2, 0.25) is 0 Å². The predicted octanol–water partition coefficient (Wildman–Crippen LogP) is 6.58. The Labute approximate surface area is 217 Å². The van der Waals surface area contributed by atoms with E-state index in [0.29, 0.717) is 23.3 Å². The number of H-pyrrole nitrogens is 1. The molecule has 0 amide bonds. The number of piperidine rings is 2. The third kappa shape index (κ3) is 5.96. The zero-order valence-corrected chi connectivity index (χ0v) is 21.9. The van der Waals surface area contributed by atoms with E-state index in [1.165, 1.54) is 56.2 Å². The number of benzene rings is 2. The Bertz CT molecular complexity index is 1210. The Morgan fingerprint density at radius 3 is 2.41 bits per heavy atom. The van der Waals surface area contributed by atoms with Gasteiger partial charge in [-0.2, -0.15) is 8.78 Å². The normalized spacial score (nSPS) is 18.9. The summed E-state index contributed by atoms with van der Waals surface area (Å²) in [6.45, 7) is 9.49. The molecule has 37 heavy (non-hydrogen) atoms. The molecule has 2 fully saturated rings. The average molecular weight is 515 g/mol. The van der Waals surface area contributed by atoms with Gasteiger partial charge in [-0.25, -0.2) is 9.37 Å². The van der Waals surface area contributed by atoms with E-state index in [4.69, 9.17) is 0 Å². The van der Waals surface area contributed by atoms with E-state index in [1.807, 2.05) is 0 Å². The molecule has 1 N–H and O–H groups in total. The van der Waals surface area contributed by atoms with Gasteiger partial charge in [0, 0.05) is 18.2 Å². The lowest BCUT2D eigenvalue weighted by molar-refractivity contribution is -0.0521. The third-order valence-electron chi connectivity index (χ3n) is 7.92. The second kappa shape index (κ2) is 11.0. The molecule has 0 unspecified atom stereocenters. The molecule has 3 heterocycles. The highest BCUT2D eigenvalue weighted by molar-refractivity contribution is 5.83. The van der Waals surface area contributed by atoms with Crippen LogP contribution in [-0.4, -0.2) is 65.1 Å². The van der Waals surface area contributed by atoms with E-state index in [9.17, 15) is 13.2 Å². The molecule has 2 aliphatic rings. The van der Waals surface area contributed by atoms with Crippen LogP contribution >= 0.6 is 0 Å². The topological polar surface area (TPSA) is 44.4 Å². The average Bonchev–Trinajstić information content (AvgIpc) is 3.30. The Balaban J connectivity index is 1.25. The summed E-state index contributed by atoms with van der Waals surface area (Å²) in [7, 11) is 0. The maximum atomic E-state index is 14.3. The first-order valence-corrected chi connectivity index (χ1v) is 13.5. The molecular formula is C29H37F3N4O. The van der Waals surface area contributed by atoms with Crippen LogP contribution in [-0.2, 0) is 0 Å². The highest BCUT2D eigenvalue weighted by Crippen LogP contribution is 2.34. The summed E-state index contributed by atoms with van der Waals surface area (Å²) in [6.07, 6.45) is 4.84. The van der Waals surface area contributed by atoms with Crippen molar-refractivity contribution in [2.45, 2.75) is 65.0 Å². The van der Waals surface area contributed by atoms with Crippen molar-refractivity contribution in [3.8, 4) is 17.1 Å². The number of fused-ring (bicyclic) bond motifs is 1. The quantitative estimate of drug-likeness (QED) is 0.387. The second-order valence-corrected chi connectivity index (χ2v) is 11.1. The molecule has 2 aliphatic heterocycles. The fourth-order valence-electron chi connectivity index (χ4n) is 6.11. The molecule has 3 aromatic rings. The van der Waals surface area contributed by atoms with Gasteiger partial charge in [0.05, 0.1) is 11.0 Å². The van der Waals surface area contributed by atoms with Crippen molar-refractivity contribution in [2.24, 2.45) is 5.92 Å². The first-order valence-electron chi connectivity index (χ1n) is 13.5. The van der Waals surface area contributed by atoms with Gasteiger partial charge in [-0.1, -0.05) is 19.9 Å². The number of hydrogen-bond acceptors (Lipinski definition) is 4. The monoisotopic (exact) mass is 514 g/mol. The molecule has 5 rings (SSSR count). The van der Waals surface area contributed by atoms with Crippen LogP contribution in [0.2, 0.25) is 0 Å². The summed E-state index contributed by atoms with van der Waals surface area (Å²) in [5, 5.41) is 0. The van der Waals surface area contributed by atoms with Crippen LogP contribution < -0.4 is 4.74 Å². The van der Waals surface area contributed by atoms with E-state index < -0.39 is 18.2 Å². The number of likely N-dealkylation sites (tertiary alicyclic amines) is 2. The minimum atomic E-state index is -3.07. The summed E-state index contributed by atoms with van der Waals surface area (Å²) in [5.74, 6) is 0.439. The zero-order chi connectivity index (χ0) is 26.1. The molecule has 0 atom stereocenters. The SMILES string of the molecule is Cc1cc(C2CCN(C3CCN(CC(C)C)CC3)CC2)cc2[nH]c(-c3ccc(OC(F)F)c(F)c3)nc12. The Morgan fingerprint density at radius 1 is 1.03 bits per heavy atom. The number of hydrogen-bond donors (Lipinski definition) is 1. The van der Waals surface area contributed by atoms with E-state index in [1.54, 1.807) is 0 Å². The molecule has 8 heteroatoms. The number of rotatable bonds is 7. The highest BCUT2D eigenvalue weighted by atomic mass is 19.3. The summed E-state index contributed by atoms with van der Waals surface area (Å²) in [4.78, 5) is 13.3. The lowest BCUT2D eigenvalue weighted by atomic mass is 9.87. The smallest absolute Gasteiger partial charge is 0.387 e. The van der Waals surface area contributed by atoms with Crippen molar-refractivity contribution in [3.63, 3.8) is 0 Å². The van der Waals surface area contributed by atoms with E-state index in [0.717, 1.165) is 48.4 Å². The maximum absolute atomic E-state index is 14.3. The molecule has 0 saturated carbocycles. The van der Waals surface area contributed by atoms with Crippen LogP contribution in [0.15, 0.2) is 30.3 Å². The number of imidazole rings is 1. The van der Waals surface area contributed by atoms with Crippen LogP contribution in [0, 0.1) is 18.7 Å². The maximum Gasteiger partial charge on any atom is 0.387 e. The van der Waals surface area contributed by atoms with E-state index in [2.05, 4.69) is 57.4 Å². The van der Waals surface area contributed by atoms with Gasteiger partial charge in [0.15, 0.2) is 11.6 Å². The third-order valence-corrected chi connectivity index (χ3v) is 7.92. The zero-order valence-electron chi connectivity index (χ0n) is 21.9. The van der Waals surface area contributed by atoms with Crippen molar-refractivity contribution < 1.29 is 17.9 Å². The molecule has 0 aliphatic carbocycles. The molecular weight excluding hydrogens is 477 g/mol. The van der Waals surface area contributed by atoms with Gasteiger partial charge in [-0.05, 0) is 106 Å². The first-order chi connectivity index (χ1) is 17.8. The van der Waals surface area contributed by atoms with Crippen molar-refractivity contribution in [2.75, 3.05) is 32.7 Å². The van der Waals surface area contributed by atoms with Gasteiger partial charge in [0.1, 0.15) is 5.82 Å². The van der Waals surface area contributed by atoms with Gasteiger partial charge in [-0.3, -0.25) is 0 Å². The first kappa shape index (κ1) is 26.0. The minimum absolute atomic E-state index is 0.471. The summed E-state index contributed by atoms with van der Waals surface area (Å²) in [6, 6.07) is 9.05. The van der Waals surface area contributed by atoms with Gasteiger partial charge < -0.3 is 19.5 Å². The molecule has 200 valence electrons. The van der Waals surface area contributed by atoms with Crippen LogP contribution in [0.25, 0.3) is 22.4 Å². The van der Waals surface area contributed by atoms with Crippen molar-refractivity contribution in [3.05, 3.63) is 47.3 Å². The largest absolute Gasteiger partial charge is 0.432 e. The second-order valence-electron chi connectivity index (χ2n) is 11.1. The summed E-state index contributed by atoms with van der Waals surface area (Å²) < 4.78 is 43.4. The van der Waals surface area contributed by atoms with Crippen LogP contribution in [0.3, 0.4) is 0 Å². The highest BCUT2D eigenvalue weighted by Gasteiger charge is 2.29. The molecule has 2 aromatic carbocycles. The Kier molecular flexibility index (Phi) is 7.77. The number of ether oxygens (including phenoxy) is 1. The van der Waals surface area contributed by atoms with Crippen molar-refractivity contribution in [1.29, 1.82) is 0 Å². The fraction of sp³-hybridized carbons (Fsp3) is 0.552. The number of aryl methyl sites for hydroxylation is 1. The number of aromatic amines is 1. The number of nitrogens with one attached hydrogen (secondary N) is 1. The Morgan fingerprint density at radius 2 is 1.76 bits per heavy atom. The summed E-state index contributed by atoms with van der Waals surface area (Å²) >= 11 is 0. The number of alkyl halides is 2. The molecule has 1 aromatic heterocycles. The summed E-state index contributed by atoms with van der Waals surface area (Å²) in [5.41, 5.74) is 4.64. The number of aromatic nitrogens is 2. The van der Waals surface area contributed by atoms with E-state index >= 15 is 0 Å². The lowest BCUT2D eigenvalue weighted by Gasteiger charge is -2.42. The Hall–Kier alpha value is -2.58. The van der Waals surface area contributed by atoms with Crippen LogP contribution in [0.4, 0.5) is 13.2 Å². The van der Waals surface area contributed by atoms with Gasteiger partial charge >= 0.3 is 6.61 Å². The molecule has 5 nitrogen and oxygen atoms in total. The number of nitrogens with zero attached hydrogens (tertiary/aromatic N) is 3. The number of halogens is 3. The van der Waals surface area contributed by atoms with Crippen molar-refractivity contribution >= 4 is 11.0 Å². The lowest BCUT2D eigenvalue weighted by Crippen LogP contribution is -2.48. The van der Waals surface area contributed by atoms with Crippen molar-refractivity contribution in [1.82, 2.24) is 19.8 Å². The standard InChI is InChI=1S/C29H37F3N4O/c1-18(2)17-35-10-8-23(9-11-35)36-12-6-20(7-13-36)22-14-19(3)27-25(16-22)33-28(34-27)21-4-5-26(24(30)15-21)37-29(31)32/h4-5,14-16,18,20,23,29H,6-13,17H2,1-3H3,(H,33,34). The van der Waals surface area contributed by atoms with Crippen LogP contribution in [0.5, 0.6) is 5.75 Å². The molecule has 0 radical (unpaired) electrons.